The number of methoxy groups -OCH3 is 1. The Bertz CT molecular complexity index is 4020. The zero-order chi connectivity index (χ0) is 73.0. The van der Waals surface area contributed by atoms with Crippen LogP contribution in [0.2, 0.25) is 0 Å². The molecule has 6 amide bonds. The number of nitrogens with one attached hydrogen (secondary N) is 8. The first-order chi connectivity index (χ1) is 49.0. The molecule has 2 bridgehead atoms. The maximum absolute atomic E-state index is 15.3. The predicted octanol–water partition coefficient (Wildman–Crippen LogP) is 7.00. The molecule has 23 nitrogen and oxygen atoms in total. The summed E-state index contributed by atoms with van der Waals surface area (Å²) in [4.78, 5) is 156. The van der Waals surface area contributed by atoms with Crippen LogP contribution in [0.4, 0.5) is 8.78 Å². The van der Waals surface area contributed by atoms with Crippen LogP contribution in [-0.4, -0.2) is 151 Å². The number of carboxylic acids is 1. The van der Waals surface area contributed by atoms with Crippen LogP contribution in [-0.2, 0) is 85.1 Å². The number of aromatic nitrogens is 3. The molecule has 544 valence electrons. The zero-order valence-corrected chi connectivity index (χ0v) is 59.1. The van der Waals surface area contributed by atoms with Gasteiger partial charge in [0.05, 0.1) is 37.6 Å². The number of Topliss-reactive ketones (excluding diaryl/α,β-unsaturated/α-hetero) is 3. The third-order valence-electron chi connectivity index (χ3n) is 19.3. The Morgan fingerprint density at radius 3 is 2.12 bits per heavy atom. The van der Waals surface area contributed by atoms with Crippen molar-refractivity contribution in [3.8, 4) is 5.75 Å². The van der Waals surface area contributed by atoms with Gasteiger partial charge in [0.1, 0.15) is 53.2 Å². The highest BCUT2D eigenvalue weighted by atomic mass is 32.2. The fourth-order valence-corrected chi connectivity index (χ4v) is 15.4. The molecule has 3 aliphatic rings. The average Bonchev–Trinajstić information content (AvgIpc) is 1.58. The second-order valence-corrected chi connectivity index (χ2v) is 29.0. The second-order valence-electron chi connectivity index (χ2n) is 26.7. The number of hydrogen-bond acceptors (Lipinski definition) is 16. The van der Waals surface area contributed by atoms with Gasteiger partial charge < -0.3 is 62.6 Å². The van der Waals surface area contributed by atoms with Crippen molar-refractivity contribution in [2.24, 2.45) is 23.0 Å². The van der Waals surface area contributed by atoms with E-state index in [4.69, 9.17) is 10.5 Å². The highest BCUT2D eigenvalue weighted by molar-refractivity contribution is 7.98. The molecule has 3 heterocycles. The number of allylic oxidation sites excluding steroid dienone is 1. The molecule has 0 spiro atoms. The van der Waals surface area contributed by atoms with Gasteiger partial charge in [-0.25, -0.2) is 13.8 Å². The van der Waals surface area contributed by atoms with E-state index in [1.54, 1.807) is 55.1 Å². The fourth-order valence-electron chi connectivity index (χ4n) is 13.6. The molecule has 1 saturated carbocycles. The Morgan fingerprint density at radius 1 is 0.725 bits per heavy atom. The number of rotatable bonds is 16. The van der Waals surface area contributed by atoms with E-state index in [2.05, 4.69) is 52.9 Å². The highest BCUT2D eigenvalue weighted by Crippen LogP contribution is 2.46. The van der Waals surface area contributed by atoms with Crippen LogP contribution in [0, 0.1) is 28.9 Å². The summed E-state index contributed by atoms with van der Waals surface area (Å²) in [7, 11) is 1.50. The first-order valence-corrected chi connectivity index (χ1v) is 36.9. The normalized spacial score (nSPS) is 24.2. The SMILES string of the molecule is COc1ccc(C[C@@H]2NC(=O)[C@H](Cc3ncc[nH]3)NC(=O)[C@H](CC(=O)O)CC(=O)[C@H](Cc3c[nH]c4ccc(F)cc34)NC(=O)[C@H](CC3=CCc4ccc(F)cc43)NC(=O)[C@@H]([C@@H](C)O)NC(=O)[C@H](CCCCN)NC(=O)CCSCc3cccc(c3)CSCCCC(=O)[C@]3(C)CCCC3C2=O)cc1. The lowest BCUT2D eigenvalue weighted by atomic mass is 9.71. The molecule has 27 heteroatoms. The van der Waals surface area contributed by atoms with Crippen molar-refractivity contribution in [1.82, 2.24) is 46.9 Å². The number of amides is 6. The number of carbonyl (C=O) groups excluding carboxylic acids is 9. The van der Waals surface area contributed by atoms with Gasteiger partial charge in [-0.05, 0) is 152 Å². The summed E-state index contributed by atoms with van der Waals surface area (Å²) in [6, 6.07) is 13.7. The minimum absolute atomic E-state index is 0.0233. The summed E-state index contributed by atoms with van der Waals surface area (Å²) < 4.78 is 35.5. The smallest absolute Gasteiger partial charge is 0.304 e. The number of benzene rings is 4. The van der Waals surface area contributed by atoms with E-state index in [0.29, 0.717) is 107 Å². The third-order valence-corrected chi connectivity index (χ3v) is 21.4. The summed E-state index contributed by atoms with van der Waals surface area (Å²) in [6.45, 7) is 3.32. The number of carboxylic acid groups (broad SMARTS) is 1. The molecule has 1 fully saturated rings. The lowest BCUT2D eigenvalue weighted by Crippen LogP contribution is -2.60. The fraction of sp³-hybridized carbons (Fsp3) is 0.453. The van der Waals surface area contributed by atoms with Gasteiger partial charge in [-0.15, -0.1) is 0 Å². The van der Waals surface area contributed by atoms with Crippen LogP contribution in [0.5, 0.6) is 5.75 Å². The number of H-pyrrole nitrogens is 2. The molecule has 102 heavy (non-hydrogen) atoms. The quantitative estimate of drug-likeness (QED) is 0.0434. The monoisotopic (exact) mass is 1440 g/mol. The Balaban J connectivity index is 1.07. The average molecular weight is 1440 g/mol. The molecule has 2 aliphatic carbocycles. The molecule has 0 radical (unpaired) electrons. The Hall–Kier alpha value is -9.05. The van der Waals surface area contributed by atoms with Crippen LogP contribution in [0.3, 0.4) is 0 Å². The summed E-state index contributed by atoms with van der Waals surface area (Å²) in [5.41, 5.74) is 9.68. The van der Waals surface area contributed by atoms with Gasteiger partial charge in [-0.1, -0.05) is 61.9 Å². The summed E-state index contributed by atoms with van der Waals surface area (Å²) in [6.07, 6.45) is 4.86. The zero-order valence-electron chi connectivity index (χ0n) is 57.4. The Morgan fingerprint density at radius 2 is 1.41 bits per heavy atom. The summed E-state index contributed by atoms with van der Waals surface area (Å²) in [5.74, 6) is -9.12. The molecule has 10 atom stereocenters. The minimum Gasteiger partial charge on any atom is -0.497 e. The Kier molecular flexibility index (Phi) is 27.8. The minimum atomic E-state index is -1.77. The number of ketones is 3. The van der Waals surface area contributed by atoms with Crippen LogP contribution < -0.4 is 42.4 Å². The van der Waals surface area contributed by atoms with Crippen molar-refractivity contribution in [2.75, 3.05) is 25.2 Å². The van der Waals surface area contributed by atoms with E-state index in [0.717, 1.165) is 11.1 Å². The third kappa shape index (κ3) is 21.1. The number of nitrogens with zero attached hydrogens (tertiary/aromatic N) is 1. The number of nitrogens with two attached hydrogens (primary N) is 1. The molecule has 6 aromatic rings. The maximum atomic E-state index is 15.3. The molecular formula is C75H90F2N10O13S2. The lowest BCUT2D eigenvalue weighted by molar-refractivity contribution is -0.143. The molecular weight excluding hydrogens is 1350 g/mol. The second kappa shape index (κ2) is 36.7. The van der Waals surface area contributed by atoms with E-state index >= 15 is 28.0 Å². The van der Waals surface area contributed by atoms with Crippen molar-refractivity contribution in [2.45, 2.75) is 170 Å². The highest BCUT2D eigenvalue weighted by Gasteiger charge is 2.50. The molecule has 4 aromatic carbocycles. The predicted molar refractivity (Wildman–Crippen MR) is 383 cm³/mol. The lowest BCUT2D eigenvalue weighted by Gasteiger charge is -2.33. The van der Waals surface area contributed by atoms with Crippen molar-refractivity contribution >= 4 is 98.8 Å². The molecule has 9 rings (SSSR count). The van der Waals surface area contributed by atoms with Gasteiger partial charge in [0, 0.05) is 96.6 Å². The van der Waals surface area contributed by atoms with Crippen molar-refractivity contribution in [3.63, 3.8) is 0 Å². The van der Waals surface area contributed by atoms with E-state index < -0.39 is 143 Å². The number of unbranched alkanes of at least 4 members (excludes halogenated alkanes) is 1. The van der Waals surface area contributed by atoms with Crippen LogP contribution in [0.15, 0.2) is 110 Å². The van der Waals surface area contributed by atoms with Gasteiger partial charge in [0.25, 0.3) is 0 Å². The molecule has 1 aliphatic heterocycles. The largest absolute Gasteiger partial charge is 0.497 e. The number of hydrogen-bond donors (Lipinski definition) is 11. The summed E-state index contributed by atoms with van der Waals surface area (Å²) in [5, 5.41) is 38.3. The molecule has 12 N–H and O–H groups in total. The van der Waals surface area contributed by atoms with Gasteiger partial charge in [0.15, 0.2) is 11.6 Å². The van der Waals surface area contributed by atoms with Gasteiger partial charge in [-0.2, -0.15) is 23.5 Å². The number of imidazole rings is 1. The number of ether oxygens (including phenoxy) is 1. The maximum Gasteiger partial charge on any atom is 0.304 e. The number of fused-ring (bicyclic) bond motifs is 5. The first kappa shape index (κ1) is 77.1. The van der Waals surface area contributed by atoms with Crippen molar-refractivity contribution in [3.05, 3.63) is 160 Å². The van der Waals surface area contributed by atoms with Crippen LogP contribution in [0.1, 0.15) is 130 Å². The number of aliphatic hydroxyl groups is 1. The van der Waals surface area contributed by atoms with Gasteiger partial charge in [0.2, 0.25) is 35.4 Å². The number of halogens is 2. The van der Waals surface area contributed by atoms with Crippen molar-refractivity contribution < 1.29 is 71.7 Å². The van der Waals surface area contributed by atoms with E-state index in [1.165, 1.54) is 74.7 Å². The number of thioether (sulfide) groups is 2. The molecule has 1 unspecified atom stereocenters. The molecule has 0 saturated heterocycles. The van der Waals surface area contributed by atoms with Gasteiger partial charge >= 0.3 is 5.97 Å². The van der Waals surface area contributed by atoms with Crippen molar-refractivity contribution in [1.29, 1.82) is 0 Å². The van der Waals surface area contributed by atoms with E-state index in [1.807, 2.05) is 18.2 Å². The van der Waals surface area contributed by atoms with Crippen LogP contribution in [0.25, 0.3) is 16.5 Å². The van der Waals surface area contributed by atoms with E-state index in [9.17, 15) is 39.0 Å². The number of aromatic amines is 2. The molecule has 2 aromatic heterocycles. The number of aliphatic hydroxyl groups excluding tert-OH is 1. The summed E-state index contributed by atoms with van der Waals surface area (Å²) >= 11 is 3.18. The first-order valence-electron chi connectivity index (χ1n) is 34.6. The number of carbonyl (C=O) groups is 10. The van der Waals surface area contributed by atoms with E-state index in [-0.39, 0.29) is 62.2 Å². The number of aliphatic carboxylic acids is 1. The van der Waals surface area contributed by atoms with Gasteiger partial charge in [-0.3, -0.25) is 47.9 Å². The standard InChI is InChI=1S/C75H90F2N10O13S2/c1-43(88)68-74(99)86-61(33-48-17-16-47-18-19-51(76)37-54(47)48)72(97)83-59(34-50-40-81-57-23-20-52(77)38-55(50)57)63(89)35-49(36-67(92)93)70(95)85-62(39-65-79-27-28-80-65)73(98)84-60(32-44-14-21-53(100-3)22-15-44)69(94)56-11-7-25-75(56,2)64(90)13-8-29-101-41-45-9-6-10-46(31-45)42-102-30-24-66(91)82-58(71(96)87-68)12-4-5-26-78/h6,9-10,14-15,17-23,27-28,31,37-38,40,43,49,56,58-62,68,81,88H,4-5,7-8,11-13,16,24-26,29-30,32-36,39,41-42,78H2,1-3H3,(H,79,80)(H,82,91)(H,83,97)(H,84,98)(H,85,95)(H,86,99)(H,87,96)(H,92,93)/t43-,49+,56?,58+,59+,60+,61+,62+,68-,75-/m1/s1. The topological polar surface area (TPSA) is 363 Å². The Labute approximate surface area is 599 Å². The van der Waals surface area contributed by atoms with Crippen LogP contribution >= 0.6 is 23.5 Å².